The monoisotopic (exact) mass is 293 g/mol. The molecule has 3 unspecified atom stereocenters. The number of carbonyl (C=O) groups excluding carboxylic acids is 1. The SMILES string of the molecule is Cc1ccc(C(=O)N2C3CCC2C(C(=O)O)C3)c(Cl)c1. The first-order valence-corrected chi connectivity index (χ1v) is 7.18. The van der Waals surface area contributed by atoms with Gasteiger partial charge in [-0.25, -0.2) is 0 Å². The fourth-order valence-electron chi connectivity index (χ4n) is 3.50. The van der Waals surface area contributed by atoms with E-state index in [4.69, 9.17) is 11.6 Å². The van der Waals surface area contributed by atoms with Crippen molar-refractivity contribution in [2.75, 3.05) is 0 Å². The summed E-state index contributed by atoms with van der Waals surface area (Å²) in [7, 11) is 0. The van der Waals surface area contributed by atoms with Crippen LogP contribution in [0.25, 0.3) is 0 Å². The number of halogens is 1. The first-order chi connectivity index (χ1) is 9.49. The van der Waals surface area contributed by atoms with Gasteiger partial charge in [-0.2, -0.15) is 0 Å². The summed E-state index contributed by atoms with van der Waals surface area (Å²) in [6.07, 6.45) is 2.23. The lowest BCUT2D eigenvalue weighted by Gasteiger charge is -2.23. The fraction of sp³-hybridized carbons (Fsp3) is 0.467. The highest BCUT2D eigenvalue weighted by molar-refractivity contribution is 6.33. The molecule has 106 valence electrons. The maximum atomic E-state index is 12.7. The zero-order chi connectivity index (χ0) is 14.4. The van der Waals surface area contributed by atoms with E-state index in [1.807, 2.05) is 13.0 Å². The Balaban J connectivity index is 1.90. The predicted octanol–water partition coefficient (Wildman–Crippen LogP) is 2.73. The third-order valence-electron chi connectivity index (χ3n) is 4.44. The Morgan fingerprint density at radius 3 is 2.70 bits per heavy atom. The van der Waals surface area contributed by atoms with Crippen LogP contribution in [0, 0.1) is 12.8 Å². The van der Waals surface area contributed by atoms with Gasteiger partial charge in [0.1, 0.15) is 0 Å². The number of fused-ring (bicyclic) bond motifs is 2. The summed E-state index contributed by atoms with van der Waals surface area (Å²) in [4.78, 5) is 25.6. The third kappa shape index (κ3) is 1.99. The lowest BCUT2D eigenvalue weighted by molar-refractivity contribution is -0.142. The van der Waals surface area contributed by atoms with Crippen molar-refractivity contribution in [1.82, 2.24) is 4.90 Å². The molecule has 1 amide bonds. The van der Waals surface area contributed by atoms with Crippen LogP contribution in [0.1, 0.15) is 35.2 Å². The van der Waals surface area contributed by atoms with E-state index >= 15 is 0 Å². The fourth-order valence-corrected chi connectivity index (χ4v) is 3.82. The van der Waals surface area contributed by atoms with Crippen molar-refractivity contribution >= 4 is 23.5 Å². The molecule has 2 bridgehead atoms. The molecule has 0 aromatic heterocycles. The number of aryl methyl sites for hydroxylation is 1. The minimum Gasteiger partial charge on any atom is -0.481 e. The Bertz CT molecular complexity index is 586. The van der Waals surface area contributed by atoms with Gasteiger partial charge in [-0.1, -0.05) is 17.7 Å². The quantitative estimate of drug-likeness (QED) is 0.912. The van der Waals surface area contributed by atoms with E-state index in [2.05, 4.69) is 0 Å². The summed E-state index contributed by atoms with van der Waals surface area (Å²) >= 11 is 6.15. The van der Waals surface area contributed by atoms with Crippen molar-refractivity contribution in [3.05, 3.63) is 34.3 Å². The van der Waals surface area contributed by atoms with Gasteiger partial charge in [0.25, 0.3) is 5.91 Å². The maximum Gasteiger partial charge on any atom is 0.308 e. The average molecular weight is 294 g/mol. The molecule has 3 rings (SSSR count). The van der Waals surface area contributed by atoms with Crippen LogP contribution in [-0.4, -0.2) is 34.0 Å². The van der Waals surface area contributed by atoms with Crippen molar-refractivity contribution in [2.45, 2.75) is 38.3 Å². The molecule has 2 saturated heterocycles. The minimum atomic E-state index is -0.801. The van der Waals surface area contributed by atoms with Crippen molar-refractivity contribution in [3.8, 4) is 0 Å². The van der Waals surface area contributed by atoms with Crippen LogP contribution in [-0.2, 0) is 4.79 Å². The van der Waals surface area contributed by atoms with Crippen LogP contribution in [0.5, 0.6) is 0 Å². The Kier molecular flexibility index (Phi) is 3.21. The number of carboxylic acids is 1. The lowest BCUT2D eigenvalue weighted by atomic mass is 9.89. The molecule has 5 heteroatoms. The summed E-state index contributed by atoms with van der Waals surface area (Å²) in [5.41, 5.74) is 1.47. The maximum absolute atomic E-state index is 12.7. The van der Waals surface area contributed by atoms with Crippen LogP contribution >= 0.6 is 11.6 Å². The molecule has 2 fully saturated rings. The Morgan fingerprint density at radius 1 is 1.35 bits per heavy atom. The molecule has 1 aromatic rings. The summed E-state index contributed by atoms with van der Waals surface area (Å²) in [6.45, 7) is 1.92. The molecule has 0 saturated carbocycles. The second kappa shape index (κ2) is 4.77. The van der Waals surface area contributed by atoms with E-state index in [9.17, 15) is 14.7 Å². The number of carbonyl (C=O) groups is 2. The van der Waals surface area contributed by atoms with Crippen molar-refractivity contribution in [1.29, 1.82) is 0 Å². The van der Waals surface area contributed by atoms with Gasteiger partial charge < -0.3 is 10.0 Å². The average Bonchev–Trinajstić information content (AvgIpc) is 2.95. The first-order valence-electron chi connectivity index (χ1n) is 6.80. The highest BCUT2D eigenvalue weighted by Crippen LogP contribution is 2.43. The van der Waals surface area contributed by atoms with Crippen LogP contribution in [0.4, 0.5) is 0 Å². The zero-order valence-corrected chi connectivity index (χ0v) is 11.9. The van der Waals surface area contributed by atoms with E-state index in [1.165, 1.54) is 0 Å². The summed E-state index contributed by atoms with van der Waals surface area (Å²) in [5, 5.41) is 9.67. The number of carboxylic acid groups (broad SMARTS) is 1. The summed E-state index contributed by atoms with van der Waals surface area (Å²) < 4.78 is 0. The van der Waals surface area contributed by atoms with Gasteiger partial charge in [0.15, 0.2) is 0 Å². The van der Waals surface area contributed by atoms with Gasteiger partial charge in [0.2, 0.25) is 0 Å². The number of hydrogen-bond donors (Lipinski definition) is 1. The number of nitrogens with zero attached hydrogens (tertiary/aromatic N) is 1. The second-order valence-electron chi connectivity index (χ2n) is 5.67. The molecule has 0 aliphatic carbocycles. The topological polar surface area (TPSA) is 57.6 Å². The molecule has 3 atom stereocenters. The Morgan fingerprint density at radius 2 is 2.10 bits per heavy atom. The van der Waals surface area contributed by atoms with E-state index in [1.54, 1.807) is 17.0 Å². The highest BCUT2D eigenvalue weighted by Gasteiger charge is 2.51. The number of rotatable bonds is 2. The first kappa shape index (κ1) is 13.4. The largest absolute Gasteiger partial charge is 0.481 e. The summed E-state index contributed by atoms with van der Waals surface area (Å²) in [5.74, 6) is -1.36. The molecular weight excluding hydrogens is 278 g/mol. The van der Waals surface area contributed by atoms with E-state index in [-0.39, 0.29) is 18.0 Å². The van der Waals surface area contributed by atoms with Crippen LogP contribution in [0.3, 0.4) is 0 Å². The van der Waals surface area contributed by atoms with Gasteiger partial charge >= 0.3 is 5.97 Å². The Labute approximate surface area is 122 Å². The number of aliphatic carboxylic acids is 1. The minimum absolute atomic E-state index is 0.0472. The van der Waals surface area contributed by atoms with E-state index in [0.29, 0.717) is 17.0 Å². The Hall–Kier alpha value is -1.55. The lowest BCUT2D eigenvalue weighted by Crippen LogP contribution is -2.38. The number of benzene rings is 1. The van der Waals surface area contributed by atoms with Crippen LogP contribution < -0.4 is 0 Å². The van der Waals surface area contributed by atoms with Gasteiger partial charge in [-0.3, -0.25) is 9.59 Å². The van der Waals surface area contributed by atoms with Gasteiger partial charge in [-0.15, -0.1) is 0 Å². The predicted molar refractivity (Wildman–Crippen MR) is 74.9 cm³/mol. The molecule has 2 aliphatic rings. The van der Waals surface area contributed by atoms with Crippen molar-refractivity contribution < 1.29 is 14.7 Å². The van der Waals surface area contributed by atoms with Crippen LogP contribution in [0.15, 0.2) is 18.2 Å². The standard InChI is InChI=1S/C15H16ClNO3/c1-8-2-4-10(12(16)6-8)14(18)17-9-3-5-13(17)11(7-9)15(19)20/h2,4,6,9,11,13H,3,5,7H2,1H3,(H,19,20). The van der Waals surface area contributed by atoms with E-state index in [0.717, 1.165) is 18.4 Å². The van der Waals surface area contributed by atoms with Gasteiger partial charge in [0.05, 0.1) is 16.5 Å². The van der Waals surface area contributed by atoms with E-state index < -0.39 is 11.9 Å². The molecule has 0 spiro atoms. The smallest absolute Gasteiger partial charge is 0.308 e. The molecule has 20 heavy (non-hydrogen) atoms. The molecular formula is C15H16ClNO3. The summed E-state index contributed by atoms with van der Waals surface area (Å²) in [6, 6.07) is 5.22. The second-order valence-corrected chi connectivity index (χ2v) is 6.08. The molecule has 2 aliphatic heterocycles. The van der Waals surface area contributed by atoms with Crippen molar-refractivity contribution in [3.63, 3.8) is 0 Å². The number of amides is 1. The molecule has 1 aromatic carbocycles. The molecule has 4 nitrogen and oxygen atoms in total. The molecule has 2 heterocycles. The van der Waals surface area contributed by atoms with Crippen LogP contribution in [0.2, 0.25) is 5.02 Å². The molecule has 1 N–H and O–H groups in total. The number of hydrogen-bond acceptors (Lipinski definition) is 2. The normalized spacial score (nSPS) is 27.9. The van der Waals surface area contributed by atoms with Gasteiger partial charge in [-0.05, 0) is 43.9 Å². The van der Waals surface area contributed by atoms with Gasteiger partial charge in [0, 0.05) is 12.1 Å². The molecule has 0 radical (unpaired) electrons. The third-order valence-corrected chi connectivity index (χ3v) is 4.76. The zero-order valence-electron chi connectivity index (χ0n) is 11.2. The highest BCUT2D eigenvalue weighted by atomic mass is 35.5. The van der Waals surface area contributed by atoms with Crippen molar-refractivity contribution in [2.24, 2.45) is 5.92 Å².